The van der Waals surface area contributed by atoms with Gasteiger partial charge in [0.2, 0.25) is 21.8 Å². The van der Waals surface area contributed by atoms with E-state index in [0.717, 1.165) is 11.1 Å². The summed E-state index contributed by atoms with van der Waals surface area (Å²) in [5, 5.41) is 12.7. The third-order valence-corrected chi connectivity index (χ3v) is 9.58. The molecule has 4 N–H and O–H groups in total. The maximum atomic E-state index is 13.3. The Morgan fingerprint density at radius 1 is 1.12 bits per heavy atom. The van der Waals surface area contributed by atoms with Gasteiger partial charge in [-0.3, -0.25) is 23.9 Å². The molecule has 0 bridgehead atoms. The fraction of sp³-hybridized carbons (Fsp3) is 0.321. The van der Waals surface area contributed by atoms with Crippen LogP contribution in [0.1, 0.15) is 37.3 Å². The average Bonchev–Trinajstić information content (AvgIpc) is 3.45. The predicted molar refractivity (Wildman–Crippen MR) is 164 cm³/mol. The zero-order valence-electron chi connectivity index (χ0n) is 23.0. The van der Waals surface area contributed by atoms with Crippen LogP contribution in [0.2, 0.25) is 0 Å². The molecule has 0 aliphatic heterocycles. The van der Waals surface area contributed by atoms with Crippen molar-refractivity contribution in [1.82, 2.24) is 25.2 Å². The number of sulfonamides is 1. The highest BCUT2D eigenvalue weighted by Gasteiger charge is 2.22. The van der Waals surface area contributed by atoms with Crippen LogP contribution in [0, 0.1) is 0 Å². The van der Waals surface area contributed by atoms with Gasteiger partial charge in [0.15, 0.2) is 5.16 Å². The van der Waals surface area contributed by atoms with Crippen molar-refractivity contribution in [2.45, 2.75) is 61.0 Å². The molecular formula is C28H32N6O5S3. The predicted octanol–water partition coefficient (Wildman–Crippen LogP) is 2.83. The van der Waals surface area contributed by atoms with Crippen LogP contribution >= 0.6 is 23.1 Å². The molecule has 2 amide bonds. The second-order valence-electron chi connectivity index (χ2n) is 9.47. The minimum Gasteiger partial charge on any atom is -0.356 e. The largest absolute Gasteiger partial charge is 0.356 e. The minimum absolute atomic E-state index is 0.0360. The van der Waals surface area contributed by atoms with Crippen molar-refractivity contribution in [2.24, 2.45) is 5.14 Å². The van der Waals surface area contributed by atoms with Crippen LogP contribution in [0.3, 0.4) is 0 Å². The van der Waals surface area contributed by atoms with Gasteiger partial charge in [0.1, 0.15) is 4.70 Å². The zero-order chi connectivity index (χ0) is 30.1. The number of thiophene rings is 1. The van der Waals surface area contributed by atoms with Crippen LogP contribution in [0.4, 0.5) is 0 Å². The third kappa shape index (κ3) is 8.47. The van der Waals surface area contributed by atoms with Crippen molar-refractivity contribution < 1.29 is 18.0 Å². The molecule has 3 aromatic heterocycles. The van der Waals surface area contributed by atoms with Gasteiger partial charge in [0, 0.05) is 38.4 Å². The Morgan fingerprint density at radius 2 is 1.90 bits per heavy atom. The summed E-state index contributed by atoms with van der Waals surface area (Å²) in [6.07, 6.45) is 5.04. The van der Waals surface area contributed by atoms with Gasteiger partial charge in [-0.1, -0.05) is 36.9 Å². The number of nitrogens with two attached hydrogens (primary N) is 1. The van der Waals surface area contributed by atoms with Gasteiger partial charge >= 0.3 is 0 Å². The fourth-order valence-corrected chi connectivity index (χ4v) is 6.50. The summed E-state index contributed by atoms with van der Waals surface area (Å²) in [4.78, 5) is 47.6. The van der Waals surface area contributed by atoms with Crippen molar-refractivity contribution >= 4 is 55.2 Å². The van der Waals surface area contributed by atoms with Crippen LogP contribution < -0.4 is 21.3 Å². The number of primary sulfonamides is 1. The highest BCUT2D eigenvalue weighted by atomic mass is 32.2. The molecule has 3 heterocycles. The molecule has 11 nitrogen and oxygen atoms in total. The maximum Gasteiger partial charge on any atom is 0.272 e. The van der Waals surface area contributed by atoms with Crippen LogP contribution in [-0.2, 0) is 39.1 Å². The number of aromatic nitrogens is 3. The SMILES string of the molecule is CC[C@H](Sc1nc2ccsc2c(=O)n1CCCC(=O)NCCc1ccc(S(N)(=O)=O)cc1)C(=O)NCc1cccnc1. The summed E-state index contributed by atoms with van der Waals surface area (Å²) in [6, 6.07) is 11.7. The summed E-state index contributed by atoms with van der Waals surface area (Å²) < 4.78 is 24.9. The number of nitrogens with one attached hydrogen (secondary N) is 2. The number of fused-ring (bicyclic) bond motifs is 1. The molecule has 0 fully saturated rings. The number of carbonyl (C=O) groups excluding carboxylic acids is 2. The number of thioether (sulfide) groups is 1. The average molecular weight is 629 g/mol. The standard InChI is InChI=1S/C28H32N6O5S3/c1-2-23(26(36)32-18-20-5-3-13-30-17-20)41-28-33-22-12-16-40-25(22)27(37)34(28)15-4-6-24(35)31-14-11-19-7-9-21(10-8-19)42(29,38)39/h3,5,7-10,12-13,16-17,23H,2,4,6,11,14-15,18H2,1H3,(H,31,35)(H,32,36)(H2,29,38,39)/t23-/m0/s1. The lowest BCUT2D eigenvalue weighted by Crippen LogP contribution is -2.33. The van der Waals surface area contributed by atoms with E-state index in [4.69, 9.17) is 5.14 Å². The number of amides is 2. The molecule has 0 unspecified atom stereocenters. The number of hydrogen-bond acceptors (Lipinski definition) is 9. The molecule has 0 aliphatic rings. The first-order valence-corrected chi connectivity index (χ1v) is 16.7. The normalized spacial score (nSPS) is 12.2. The van der Waals surface area contributed by atoms with E-state index in [0.29, 0.717) is 47.7 Å². The molecule has 0 spiro atoms. The van der Waals surface area contributed by atoms with Gasteiger partial charge < -0.3 is 10.6 Å². The number of rotatable bonds is 14. The summed E-state index contributed by atoms with van der Waals surface area (Å²) in [5.41, 5.74) is 2.15. The summed E-state index contributed by atoms with van der Waals surface area (Å²) in [6.45, 7) is 2.91. The van der Waals surface area contributed by atoms with E-state index in [-0.39, 0.29) is 35.2 Å². The molecule has 0 saturated heterocycles. The lowest BCUT2D eigenvalue weighted by Gasteiger charge is -2.17. The molecule has 4 aromatic rings. The maximum absolute atomic E-state index is 13.3. The third-order valence-electron chi connectivity index (χ3n) is 6.40. The lowest BCUT2D eigenvalue weighted by atomic mass is 10.1. The molecule has 14 heteroatoms. The van der Waals surface area contributed by atoms with Crippen LogP contribution in [-0.4, -0.2) is 46.6 Å². The van der Waals surface area contributed by atoms with Crippen molar-refractivity contribution in [1.29, 1.82) is 0 Å². The minimum atomic E-state index is -3.75. The Bertz CT molecular complexity index is 1690. The van der Waals surface area contributed by atoms with Gasteiger partial charge in [-0.25, -0.2) is 18.5 Å². The summed E-state index contributed by atoms with van der Waals surface area (Å²) in [5.74, 6) is -0.318. The van der Waals surface area contributed by atoms with Gasteiger partial charge in [-0.2, -0.15) is 0 Å². The number of carbonyl (C=O) groups is 2. The monoisotopic (exact) mass is 628 g/mol. The zero-order valence-corrected chi connectivity index (χ0v) is 25.4. The second kappa shape index (κ2) is 14.5. The molecule has 0 saturated carbocycles. The van der Waals surface area contributed by atoms with Gasteiger partial charge in [0.25, 0.3) is 5.56 Å². The Hall–Kier alpha value is -3.59. The first-order chi connectivity index (χ1) is 20.2. The van der Waals surface area contributed by atoms with E-state index in [9.17, 15) is 22.8 Å². The first-order valence-electron chi connectivity index (χ1n) is 13.4. The smallest absolute Gasteiger partial charge is 0.272 e. The molecule has 222 valence electrons. The Kier molecular flexibility index (Phi) is 10.8. The molecule has 42 heavy (non-hydrogen) atoms. The van der Waals surface area contributed by atoms with E-state index in [2.05, 4.69) is 20.6 Å². The van der Waals surface area contributed by atoms with Crippen LogP contribution in [0.5, 0.6) is 0 Å². The van der Waals surface area contributed by atoms with Gasteiger partial charge in [0.05, 0.1) is 15.7 Å². The van der Waals surface area contributed by atoms with Crippen molar-refractivity contribution in [2.75, 3.05) is 6.54 Å². The van der Waals surface area contributed by atoms with Crippen molar-refractivity contribution in [3.63, 3.8) is 0 Å². The van der Waals surface area contributed by atoms with E-state index < -0.39 is 15.3 Å². The van der Waals surface area contributed by atoms with Crippen LogP contribution in [0.25, 0.3) is 10.2 Å². The van der Waals surface area contributed by atoms with E-state index in [1.807, 2.05) is 24.4 Å². The summed E-state index contributed by atoms with van der Waals surface area (Å²) in [7, 11) is -3.75. The molecular weight excluding hydrogens is 597 g/mol. The number of benzene rings is 1. The number of hydrogen-bond donors (Lipinski definition) is 3. The van der Waals surface area contributed by atoms with E-state index in [1.165, 1.54) is 35.2 Å². The quantitative estimate of drug-likeness (QED) is 0.142. The van der Waals surface area contributed by atoms with Gasteiger partial charge in [-0.15, -0.1) is 11.3 Å². The van der Waals surface area contributed by atoms with E-state index in [1.54, 1.807) is 35.2 Å². The Morgan fingerprint density at radius 3 is 2.60 bits per heavy atom. The van der Waals surface area contributed by atoms with Crippen molar-refractivity contribution in [3.8, 4) is 0 Å². The highest BCUT2D eigenvalue weighted by Crippen LogP contribution is 2.26. The topological polar surface area (TPSA) is 166 Å². The Balaban J connectivity index is 1.34. The van der Waals surface area contributed by atoms with Gasteiger partial charge in [-0.05, 0) is 60.0 Å². The molecule has 0 aliphatic carbocycles. The second-order valence-corrected chi connectivity index (χ2v) is 13.1. The molecule has 1 aromatic carbocycles. The molecule has 1 atom stereocenters. The Labute approximate surface area is 252 Å². The summed E-state index contributed by atoms with van der Waals surface area (Å²) >= 11 is 2.56. The van der Waals surface area contributed by atoms with Crippen molar-refractivity contribution in [3.05, 3.63) is 81.7 Å². The fourth-order valence-electron chi connectivity index (χ4n) is 4.14. The lowest BCUT2D eigenvalue weighted by molar-refractivity contribution is -0.121. The molecule has 4 rings (SSSR count). The number of nitrogens with zero attached hydrogens (tertiary/aromatic N) is 3. The molecule has 0 radical (unpaired) electrons. The highest BCUT2D eigenvalue weighted by molar-refractivity contribution is 8.00. The van der Waals surface area contributed by atoms with E-state index >= 15 is 0 Å². The first kappa shape index (κ1) is 31.3. The van der Waals surface area contributed by atoms with Crippen LogP contribution in [0.15, 0.2) is 75.1 Å². The number of pyridine rings is 1.